The van der Waals surface area contributed by atoms with Crippen LogP contribution in [0.4, 0.5) is 0 Å². The Balaban J connectivity index is 2.28. The average molecular weight is 299 g/mol. The van der Waals surface area contributed by atoms with Crippen LogP contribution in [-0.4, -0.2) is 18.0 Å². The number of hydrogen-bond donors (Lipinski definition) is 2. The molecule has 0 atom stereocenters. The van der Waals surface area contributed by atoms with Crippen LogP contribution in [0, 0.1) is 0 Å². The van der Waals surface area contributed by atoms with Gasteiger partial charge in [0.15, 0.2) is 0 Å². The second-order valence-electron chi connectivity index (χ2n) is 5.03. The van der Waals surface area contributed by atoms with Gasteiger partial charge in [-0.15, -0.1) is 0 Å². The molecule has 0 radical (unpaired) electrons. The third-order valence-electron chi connectivity index (χ3n) is 2.04. The molecule has 0 aliphatic heterocycles. The van der Waals surface area contributed by atoms with Gasteiger partial charge in [0.1, 0.15) is 0 Å². The molecule has 0 heterocycles. The third-order valence-corrected chi connectivity index (χ3v) is 2.57. The maximum atomic E-state index is 11.5. The second kappa shape index (κ2) is 6.17. The molecule has 0 saturated carbocycles. The van der Waals surface area contributed by atoms with Crippen LogP contribution in [0.5, 0.6) is 0 Å². The molecule has 0 aliphatic carbocycles. The normalized spacial score (nSPS) is 11.3. The largest absolute Gasteiger partial charge is 0.350 e. The minimum absolute atomic E-state index is 0.0228. The second-order valence-corrected chi connectivity index (χ2v) is 5.94. The topological polar surface area (TPSA) is 41.1 Å². The summed E-state index contributed by atoms with van der Waals surface area (Å²) >= 11 is 3.39. The van der Waals surface area contributed by atoms with Crippen LogP contribution in [-0.2, 0) is 11.3 Å². The summed E-state index contributed by atoms with van der Waals surface area (Å²) in [6.07, 6.45) is 0. The molecule has 1 amide bonds. The van der Waals surface area contributed by atoms with Gasteiger partial charge in [-0.05, 0) is 38.5 Å². The Kier molecular flexibility index (Phi) is 5.15. The number of benzene rings is 1. The predicted octanol–water partition coefficient (Wildman–Crippen LogP) is 2.45. The van der Waals surface area contributed by atoms with Crippen LogP contribution < -0.4 is 10.6 Å². The van der Waals surface area contributed by atoms with Crippen LogP contribution >= 0.6 is 15.9 Å². The number of carbonyl (C=O) groups is 1. The van der Waals surface area contributed by atoms with Gasteiger partial charge in [0.25, 0.3) is 0 Å². The van der Waals surface area contributed by atoms with Crippen molar-refractivity contribution in [3.63, 3.8) is 0 Å². The van der Waals surface area contributed by atoms with E-state index in [2.05, 4.69) is 26.6 Å². The Morgan fingerprint density at radius 1 is 1.24 bits per heavy atom. The Hall–Kier alpha value is -0.870. The van der Waals surface area contributed by atoms with E-state index >= 15 is 0 Å². The zero-order valence-electron chi connectivity index (χ0n) is 10.5. The van der Waals surface area contributed by atoms with E-state index in [0.29, 0.717) is 13.1 Å². The molecule has 17 heavy (non-hydrogen) atoms. The summed E-state index contributed by atoms with van der Waals surface area (Å²) in [5, 5.41) is 6.02. The van der Waals surface area contributed by atoms with Crippen LogP contribution in [0.25, 0.3) is 0 Å². The first kappa shape index (κ1) is 14.2. The van der Waals surface area contributed by atoms with Crippen LogP contribution in [0.3, 0.4) is 0 Å². The Labute approximate surface area is 111 Å². The van der Waals surface area contributed by atoms with E-state index in [0.717, 1.165) is 10.0 Å². The third kappa shape index (κ3) is 6.44. The first-order valence-corrected chi connectivity index (χ1v) is 6.42. The summed E-state index contributed by atoms with van der Waals surface area (Å²) < 4.78 is 1.06. The van der Waals surface area contributed by atoms with E-state index in [9.17, 15) is 4.79 Å². The van der Waals surface area contributed by atoms with Gasteiger partial charge < -0.3 is 10.6 Å². The maximum absolute atomic E-state index is 11.5. The molecule has 0 spiro atoms. The maximum Gasteiger partial charge on any atom is 0.234 e. The van der Waals surface area contributed by atoms with Gasteiger partial charge in [-0.1, -0.05) is 28.1 Å². The van der Waals surface area contributed by atoms with E-state index in [1.165, 1.54) is 0 Å². The molecule has 0 unspecified atom stereocenters. The fraction of sp³-hybridized carbons (Fsp3) is 0.462. The minimum Gasteiger partial charge on any atom is -0.350 e. The summed E-state index contributed by atoms with van der Waals surface area (Å²) in [6.45, 7) is 6.96. The lowest BCUT2D eigenvalue weighted by atomic mass is 10.1. The molecule has 0 bridgehead atoms. The Morgan fingerprint density at radius 3 is 2.35 bits per heavy atom. The number of rotatable bonds is 4. The van der Waals surface area contributed by atoms with Crippen molar-refractivity contribution < 1.29 is 4.79 Å². The monoisotopic (exact) mass is 298 g/mol. The standard InChI is InChI=1S/C13H19BrN2O/c1-13(2,3)16-12(17)9-15-8-10-4-6-11(14)7-5-10/h4-7,15H,8-9H2,1-3H3,(H,16,17). The summed E-state index contributed by atoms with van der Waals surface area (Å²) in [6, 6.07) is 8.04. The van der Waals surface area contributed by atoms with Gasteiger partial charge in [0, 0.05) is 16.6 Å². The van der Waals surface area contributed by atoms with Crippen molar-refractivity contribution in [1.82, 2.24) is 10.6 Å². The van der Waals surface area contributed by atoms with Gasteiger partial charge in [-0.25, -0.2) is 0 Å². The lowest BCUT2D eigenvalue weighted by Crippen LogP contribution is -2.44. The molecule has 4 heteroatoms. The van der Waals surface area contributed by atoms with Gasteiger partial charge >= 0.3 is 0 Å². The van der Waals surface area contributed by atoms with Crippen molar-refractivity contribution in [3.05, 3.63) is 34.3 Å². The number of amides is 1. The van der Waals surface area contributed by atoms with Crippen molar-refractivity contribution in [2.45, 2.75) is 32.9 Å². The summed E-state index contributed by atoms with van der Waals surface area (Å²) in [5.41, 5.74) is 0.993. The Morgan fingerprint density at radius 2 is 1.82 bits per heavy atom. The highest BCUT2D eigenvalue weighted by Crippen LogP contribution is 2.10. The molecule has 2 N–H and O–H groups in total. The first-order chi connectivity index (χ1) is 7.87. The summed E-state index contributed by atoms with van der Waals surface area (Å²) in [7, 11) is 0. The number of hydrogen-bond acceptors (Lipinski definition) is 2. The van der Waals surface area contributed by atoms with Crippen LogP contribution in [0.2, 0.25) is 0 Å². The zero-order chi connectivity index (χ0) is 12.9. The molecule has 3 nitrogen and oxygen atoms in total. The molecule has 0 aliphatic rings. The van der Waals surface area contributed by atoms with E-state index in [1.807, 2.05) is 45.0 Å². The zero-order valence-corrected chi connectivity index (χ0v) is 12.1. The molecule has 1 rings (SSSR count). The summed E-state index contributed by atoms with van der Waals surface area (Å²) in [4.78, 5) is 11.5. The van der Waals surface area contributed by atoms with E-state index in [-0.39, 0.29) is 11.4 Å². The van der Waals surface area contributed by atoms with E-state index in [4.69, 9.17) is 0 Å². The average Bonchev–Trinajstić information content (AvgIpc) is 2.18. The molecule has 0 aromatic heterocycles. The Bertz CT molecular complexity index is 368. The fourth-order valence-electron chi connectivity index (χ4n) is 1.39. The van der Waals surface area contributed by atoms with Crippen LogP contribution in [0.1, 0.15) is 26.3 Å². The van der Waals surface area contributed by atoms with Crippen molar-refractivity contribution >= 4 is 21.8 Å². The van der Waals surface area contributed by atoms with E-state index < -0.39 is 0 Å². The predicted molar refractivity (Wildman–Crippen MR) is 73.7 cm³/mol. The quantitative estimate of drug-likeness (QED) is 0.896. The molecular weight excluding hydrogens is 280 g/mol. The molecule has 1 aromatic rings. The van der Waals surface area contributed by atoms with Crippen molar-refractivity contribution in [1.29, 1.82) is 0 Å². The molecule has 94 valence electrons. The molecular formula is C13H19BrN2O. The highest BCUT2D eigenvalue weighted by atomic mass is 79.9. The van der Waals surface area contributed by atoms with Gasteiger partial charge in [-0.3, -0.25) is 4.79 Å². The van der Waals surface area contributed by atoms with E-state index in [1.54, 1.807) is 0 Å². The lowest BCUT2D eigenvalue weighted by Gasteiger charge is -2.20. The minimum atomic E-state index is -0.170. The molecule has 1 aromatic carbocycles. The fourth-order valence-corrected chi connectivity index (χ4v) is 1.65. The molecule has 0 saturated heterocycles. The van der Waals surface area contributed by atoms with Crippen LogP contribution in [0.15, 0.2) is 28.7 Å². The summed E-state index contributed by atoms with van der Waals surface area (Å²) in [5.74, 6) is 0.0228. The van der Waals surface area contributed by atoms with Crippen molar-refractivity contribution in [3.8, 4) is 0 Å². The smallest absolute Gasteiger partial charge is 0.234 e. The van der Waals surface area contributed by atoms with Gasteiger partial charge in [0.05, 0.1) is 6.54 Å². The molecule has 0 fully saturated rings. The van der Waals surface area contributed by atoms with Crippen molar-refractivity contribution in [2.75, 3.05) is 6.54 Å². The number of halogens is 1. The van der Waals surface area contributed by atoms with Gasteiger partial charge in [0.2, 0.25) is 5.91 Å². The SMILES string of the molecule is CC(C)(C)NC(=O)CNCc1ccc(Br)cc1. The first-order valence-electron chi connectivity index (χ1n) is 5.63. The number of nitrogens with one attached hydrogen (secondary N) is 2. The lowest BCUT2D eigenvalue weighted by molar-refractivity contribution is -0.121. The highest BCUT2D eigenvalue weighted by Gasteiger charge is 2.12. The van der Waals surface area contributed by atoms with Gasteiger partial charge in [-0.2, -0.15) is 0 Å². The van der Waals surface area contributed by atoms with Crippen molar-refractivity contribution in [2.24, 2.45) is 0 Å². The highest BCUT2D eigenvalue weighted by molar-refractivity contribution is 9.10. The number of carbonyl (C=O) groups excluding carboxylic acids is 1.